The predicted octanol–water partition coefficient (Wildman–Crippen LogP) is 3.09. The fraction of sp³-hybridized carbons (Fsp3) is 0.350. The van der Waals surface area contributed by atoms with E-state index in [2.05, 4.69) is 29.6 Å². The highest BCUT2D eigenvalue weighted by molar-refractivity contribution is 6.03. The molecule has 1 heterocycles. The number of nitrogens with one attached hydrogen (secondary N) is 1. The topological polar surface area (TPSA) is 50.8 Å². The Morgan fingerprint density at radius 2 is 1.76 bits per heavy atom. The van der Waals surface area contributed by atoms with Crippen LogP contribution in [0.4, 0.5) is 5.69 Å². The summed E-state index contributed by atoms with van der Waals surface area (Å²) in [5.41, 5.74) is 3.68. The van der Waals surface area contributed by atoms with Gasteiger partial charge in [-0.2, -0.15) is 0 Å². The number of hydrogen-bond acceptors (Lipinski definition) is 4. The number of benzene rings is 2. The molecule has 1 atom stereocenters. The quantitative estimate of drug-likeness (QED) is 0.914. The Balaban J connectivity index is 1.78. The number of rotatable bonds is 2. The number of methoxy groups -OCH3 is 2. The van der Waals surface area contributed by atoms with Crippen LogP contribution in [-0.4, -0.2) is 37.7 Å². The van der Waals surface area contributed by atoms with E-state index in [0.717, 1.165) is 24.9 Å². The Kier molecular flexibility index (Phi) is 3.60. The van der Waals surface area contributed by atoms with E-state index < -0.39 is 5.66 Å². The van der Waals surface area contributed by atoms with Crippen molar-refractivity contribution in [2.24, 2.45) is 0 Å². The number of anilines is 1. The number of hydrogen-bond donors (Lipinski definition) is 1. The lowest BCUT2D eigenvalue weighted by Crippen LogP contribution is -2.60. The van der Waals surface area contributed by atoms with Crippen molar-refractivity contribution < 1.29 is 14.3 Å². The van der Waals surface area contributed by atoms with Crippen LogP contribution in [0.3, 0.4) is 0 Å². The molecule has 1 spiro atoms. The molecule has 0 fully saturated rings. The van der Waals surface area contributed by atoms with E-state index in [1.165, 1.54) is 11.1 Å². The normalized spacial score (nSPS) is 21.4. The van der Waals surface area contributed by atoms with Crippen molar-refractivity contribution in [1.29, 1.82) is 0 Å². The van der Waals surface area contributed by atoms with Crippen LogP contribution in [0.2, 0.25) is 0 Å². The van der Waals surface area contributed by atoms with Crippen LogP contribution in [-0.2, 0) is 12.8 Å². The summed E-state index contributed by atoms with van der Waals surface area (Å²) < 4.78 is 10.8. The maximum Gasteiger partial charge on any atom is 0.257 e. The van der Waals surface area contributed by atoms with Crippen LogP contribution in [0.15, 0.2) is 36.4 Å². The minimum atomic E-state index is -0.405. The monoisotopic (exact) mass is 338 g/mol. The smallest absolute Gasteiger partial charge is 0.257 e. The highest BCUT2D eigenvalue weighted by atomic mass is 16.5. The summed E-state index contributed by atoms with van der Waals surface area (Å²) in [7, 11) is 5.06. The molecule has 2 aromatic carbocycles. The van der Waals surface area contributed by atoms with Crippen molar-refractivity contribution in [3.05, 3.63) is 53.1 Å². The Bertz CT molecular complexity index is 849. The Hall–Kier alpha value is -2.69. The highest BCUT2D eigenvalue weighted by Gasteiger charge is 2.45. The maximum atomic E-state index is 13.1. The van der Waals surface area contributed by atoms with Gasteiger partial charge in [-0.15, -0.1) is 0 Å². The molecule has 0 saturated heterocycles. The van der Waals surface area contributed by atoms with Crippen LogP contribution in [0, 0.1) is 0 Å². The van der Waals surface area contributed by atoms with Gasteiger partial charge in [0.2, 0.25) is 0 Å². The summed E-state index contributed by atoms with van der Waals surface area (Å²) in [5.74, 6) is 1.20. The molecule has 1 aliphatic heterocycles. The number of nitrogens with zero attached hydrogens (tertiary/aromatic N) is 1. The van der Waals surface area contributed by atoms with Crippen molar-refractivity contribution in [2.45, 2.75) is 24.9 Å². The summed E-state index contributed by atoms with van der Waals surface area (Å²) in [5, 5.41) is 3.63. The molecule has 0 aromatic heterocycles. The predicted molar refractivity (Wildman–Crippen MR) is 96.5 cm³/mol. The SMILES string of the molecule is COc1cc2c(cc1OC)C(=O)N(C)[C@]1(CCc3ccccc3C1)N2. The first kappa shape index (κ1) is 15.8. The number of likely N-dealkylation sites (N-methyl/N-ethyl adjacent to an activating group) is 1. The zero-order chi connectivity index (χ0) is 17.6. The van der Waals surface area contributed by atoms with Gasteiger partial charge in [-0.25, -0.2) is 0 Å². The standard InChI is InChI=1S/C20H22N2O3/c1-22-19(23)15-10-17(24-2)18(25-3)11-16(15)21-20(22)9-8-13-6-4-5-7-14(13)12-20/h4-7,10-11,21H,8-9,12H2,1-3H3/t20-/m0/s1. The molecule has 5 nitrogen and oxygen atoms in total. The average molecular weight is 338 g/mol. The lowest BCUT2D eigenvalue weighted by molar-refractivity contribution is 0.0557. The summed E-state index contributed by atoms with van der Waals surface area (Å²) in [6.07, 6.45) is 2.61. The molecule has 0 bridgehead atoms. The van der Waals surface area contributed by atoms with Crippen LogP contribution in [0.1, 0.15) is 27.9 Å². The highest BCUT2D eigenvalue weighted by Crippen LogP contribution is 2.42. The third kappa shape index (κ3) is 2.34. The Morgan fingerprint density at radius 3 is 2.48 bits per heavy atom. The lowest BCUT2D eigenvalue weighted by atomic mass is 9.81. The number of amides is 1. The number of carbonyl (C=O) groups excluding carboxylic acids is 1. The van der Waals surface area contributed by atoms with Crippen molar-refractivity contribution in [1.82, 2.24) is 4.90 Å². The average Bonchev–Trinajstić information content (AvgIpc) is 2.65. The molecule has 1 amide bonds. The van der Waals surface area contributed by atoms with E-state index in [1.807, 2.05) is 18.0 Å². The lowest BCUT2D eigenvalue weighted by Gasteiger charge is -2.49. The van der Waals surface area contributed by atoms with Gasteiger partial charge in [0, 0.05) is 19.5 Å². The first-order chi connectivity index (χ1) is 12.1. The first-order valence-electron chi connectivity index (χ1n) is 8.47. The molecule has 0 saturated carbocycles. The van der Waals surface area contributed by atoms with E-state index in [9.17, 15) is 4.79 Å². The third-order valence-corrected chi connectivity index (χ3v) is 5.48. The molecule has 130 valence electrons. The minimum absolute atomic E-state index is 0.00841. The van der Waals surface area contributed by atoms with Gasteiger partial charge in [0.25, 0.3) is 5.91 Å². The third-order valence-electron chi connectivity index (χ3n) is 5.48. The summed E-state index contributed by atoms with van der Waals surface area (Å²) in [6.45, 7) is 0. The Labute approximate surface area is 147 Å². The molecule has 0 radical (unpaired) electrons. The second-order valence-electron chi connectivity index (χ2n) is 6.72. The zero-order valence-corrected chi connectivity index (χ0v) is 14.8. The maximum absolute atomic E-state index is 13.1. The van der Waals surface area contributed by atoms with E-state index in [4.69, 9.17) is 9.47 Å². The van der Waals surface area contributed by atoms with Crippen LogP contribution >= 0.6 is 0 Å². The van der Waals surface area contributed by atoms with Crippen LogP contribution in [0.25, 0.3) is 0 Å². The molecule has 25 heavy (non-hydrogen) atoms. The zero-order valence-electron chi connectivity index (χ0n) is 14.8. The molecular weight excluding hydrogens is 316 g/mol. The van der Waals surface area contributed by atoms with Gasteiger partial charge in [-0.3, -0.25) is 4.79 Å². The van der Waals surface area contributed by atoms with Crippen LogP contribution < -0.4 is 14.8 Å². The molecule has 2 aromatic rings. The molecule has 5 heteroatoms. The van der Waals surface area contributed by atoms with Gasteiger partial charge >= 0.3 is 0 Å². The van der Waals surface area contributed by atoms with Crippen molar-refractivity contribution in [3.63, 3.8) is 0 Å². The van der Waals surface area contributed by atoms with Crippen molar-refractivity contribution in [2.75, 3.05) is 26.6 Å². The van der Waals surface area contributed by atoms with E-state index in [1.54, 1.807) is 20.3 Å². The van der Waals surface area contributed by atoms with Gasteiger partial charge in [0.15, 0.2) is 11.5 Å². The number of aryl methyl sites for hydroxylation is 1. The fourth-order valence-electron chi connectivity index (χ4n) is 3.98. The van der Waals surface area contributed by atoms with Gasteiger partial charge in [-0.05, 0) is 30.0 Å². The van der Waals surface area contributed by atoms with E-state index >= 15 is 0 Å². The second kappa shape index (κ2) is 5.69. The molecule has 0 unspecified atom stereocenters. The van der Waals surface area contributed by atoms with Gasteiger partial charge < -0.3 is 19.7 Å². The number of ether oxygens (including phenoxy) is 2. The number of carbonyl (C=O) groups is 1. The second-order valence-corrected chi connectivity index (χ2v) is 6.72. The molecule has 1 N–H and O–H groups in total. The molecule has 4 rings (SSSR count). The largest absolute Gasteiger partial charge is 0.493 e. The van der Waals surface area contributed by atoms with E-state index in [0.29, 0.717) is 17.1 Å². The number of fused-ring (bicyclic) bond motifs is 2. The van der Waals surface area contributed by atoms with Crippen molar-refractivity contribution in [3.8, 4) is 11.5 Å². The van der Waals surface area contributed by atoms with Crippen LogP contribution in [0.5, 0.6) is 11.5 Å². The summed E-state index contributed by atoms with van der Waals surface area (Å²) in [4.78, 5) is 14.9. The fourth-order valence-corrected chi connectivity index (χ4v) is 3.98. The van der Waals surface area contributed by atoms with Gasteiger partial charge in [0.05, 0.1) is 25.5 Å². The molecule has 1 aliphatic carbocycles. The molecular formula is C20H22N2O3. The Morgan fingerprint density at radius 1 is 1.08 bits per heavy atom. The van der Waals surface area contributed by atoms with Gasteiger partial charge in [-0.1, -0.05) is 24.3 Å². The molecule has 2 aliphatic rings. The summed E-state index contributed by atoms with van der Waals surface area (Å²) in [6, 6.07) is 12.1. The van der Waals surface area contributed by atoms with E-state index in [-0.39, 0.29) is 5.91 Å². The first-order valence-corrected chi connectivity index (χ1v) is 8.47. The van der Waals surface area contributed by atoms with Crippen molar-refractivity contribution >= 4 is 11.6 Å². The minimum Gasteiger partial charge on any atom is -0.493 e. The van der Waals surface area contributed by atoms with Gasteiger partial charge in [0.1, 0.15) is 5.66 Å². The summed E-state index contributed by atoms with van der Waals surface area (Å²) >= 11 is 0.